The van der Waals surface area contributed by atoms with Crippen LogP contribution in [-0.2, 0) is 26.7 Å². The van der Waals surface area contributed by atoms with E-state index in [1.54, 1.807) is 30.3 Å². The van der Waals surface area contributed by atoms with Crippen molar-refractivity contribution in [2.75, 3.05) is 4.72 Å². The number of nitrogens with one attached hydrogen (secondary N) is 1. The molecule has 2 aromatic carbocycles. The summed E-state index contributed by atoms with van der Waals surface area (Å²) < 4.78 is 28.5. The second-order valence-electron chi connectivity index (χ2n) is 8.60. The maximum Gasteiger partial charge on any atom is 0.261 e. The van der Waals surface area contributed by atoms with Crippen LogP contribution in [0.25, 0.3) is 0 Å². The molecule has 0 spiro atoms. The summed E-state index contributed by atoms with van der Waals surface area (Å²) in [5.74, 6) is -1.06. The molecule has 0 atom stereocenters. The highest BCUT2D eigenvalue weighted by Crippen LogP contribution is 2.27. The van der Waals surface area contributed by atoms with Crippen LogP contribution in [0, 0.1) is 0 Å². The first kappa shape index (κ1) is 24.4. The smallest absolute Gasteiger partial charge is 0.261 e. The molecule has 0 aliphatic carbocycles. The summed E-state index contributed by atoms with van der Waals surface area (Å²) in [4.78, 5) is 28.5. The number of aromatic nitrogens is 1. The second-order valence-corrected chi connectivity index (χ2v) is 10.7. The number of anilines is 1. The summed E-state index contributed by atoms with van der Waals surface area (Å²) in [5, 5.41) is 0.162. The number of benzene rings is 2. The van der Waals surface area contributed by atoms with E-state index in [0.29, 0.717) is 5.56 Å². The monoisotopic (exact) mass is 485 g/mol. The van der Waals surface area contributed by atoms with Gasteiger partial charge >= 0.3 is 0 Å². The van der Waals surface area contributed by atoms with Gasteiger partial charge in [0.2, 0.25) is 11.7 Å². The molecule has 0 aliphatic heterocycles. The Labute approximate surface area is 198 Å². The van der Waals surface area contributed by atoms with Crippen molar-refractivity contribution in [3.63, 3.8) is 0 Å². The van der Waals surface area contributed by atoms with Gasteiger partial charge in [0, 0.05) is 11.8 Å². The Morgan fingerprint density at radius 2 is 1.73 bits per heavy atom. The Kier molecular flexibility index (Phi) is 6.90. The van der Waals surface area contributed by atoms with E-state index in [-0.39, 0.29) is 38.7 Å². The van der Waals surface area contributed by atoms with Crippen LogP contribution in [0.2, 0.25) is 5.02 Å². The summed E-state index contributed by atoms with van der Waals surface area (Å²) >= 11 is 6.04. The third-order valence-corrected chi connectivity index (χ3v) is 6.50. The predicted molar refractivity (Wildman–Crippen MR) is 128 cm³/mol. The Bertz CT molecular complexity index is 1310. The van der Waals surface area contributed by atoms with Crippen molar-refractivity contribution < 1.29 is 18.0 Å². The van der Waals surface area contributed by atoms with E-state index in [9.17, 15) is 18.0 Å². The van der Waals surface area contributed by atoms with Crippen molar-refractivity contribution in [1.82, 2.24) is 4.98 Å². The van der Waals surface area contributed by atoms with E-state index in [0.717, 1.165) is 5.56 Å². The average Bonchev–Trinajstić information content (AvgIpc) is 2.72. The fraction of sp³-hybridized carbons (Fsp3) is 0.208. The molecular formula is C24H24ClN3O4S. The predicted octanol–water partition coefficient (Wildman–Crippen LogP) is 4.09. The number of nitrogens with two attached hydrogens (primary N) is 1. The van der Waals surface area contributed by atoms with Crippen LogP contribution in [0.4, 0.5) is 5.69 Å². The van der Waals surface area contributed by atoms with Crippen molar-refractivity contribution in [3.05, 3.63) is 88.2 Å². The standard InChI is InChI=1S/C24H24ClN3O4S/c1-24(2,3)17-7-9-19(10-8-17)33(31,32)28-20-13-18(25)14-27-22(20)23(30)16-6-4-5-15(11-16)12-21(26)29/h4-11,13-14,28H,12H2,1-3H3,(H2,26,29). The van der Waals surface area contributed by atoms with Gasteiger partial charge in [-0.05, 0) is 40.8 Å². The molecule has 0 fully saturated rings. The van der Waals surface area contributed by atoms with Crippen LogP contribution in [0.3, 0.4) is 0 Å². The highest BCUT2D eigenvalue weighted by atomic mass is 35.5. The first-order chi connectivity index (χ1) is 15.4. The van der Waals surface area contributed by atoms with Gasteiger partial charge in [0.15, 0.2) is 0 Å². The summed E-state index contributed by atoms with van der Waals surface area (Å²) in [7, 11) is -4.02. The Hall–Kier alpha value is -3.23. The number of amides is 1. The Morgan fingerprint density at radius 3 is 2.33 bits per heavy atom. The molecule has 3 rings (SSSR count). The van der Waals surface area contributed by atoms with E-state index in [4.69, 9.17) is 17.3 Å². The minimum Gasteiger partial charge on any atom is -0.369 e. The normalized spacial score (nSPS) is 11.8. The summed E-state index contributed by atoms with van der Waals surface area (Å²) in [6.45, 7) is 6.09. The molecule has 0 saturated carbocycles. The van der Waals surface area contributed by atoms with Crippen molar-refractivity contribution in [2.24, 2.45) is 5.73 Å². The number of pyridine rings is 1. The van der Waals surface area contributed by atoms with Crippen molar-refractivity contribution >= 4 is 39.0 Å². The number of ketones is 1. The number of nitrogens with zero attached hydrogens (tertiary/aromatic N) is 1. The van der Waals surface area contributed by atoms with E-state index in [2.05, 4.69) is 9.71 Å². The topological polar surface area (TPSA) is 119 Å². The Balaban J connectivity index is 1.96. The molecule has 3 aromatic rings. The lowest BCUT2D eigenvalue weighted by molar-refractivity contribution is -0.117. The minimum atomic E-state index is -4.02. The van der Waals surface area contributed by atoms with Gasteiger partial charge in [-0.3, -0.25) is 14.3 Å². The van der Waals surface area contributed by atoms with E-state index < -0.39 is 21.7 Å². The van der Waals surface area contributed by atoms with Crippen LogP contribution < -0.4 is 10.5 Å². The lowest BCUT2D eigenvalue weighted by atomic mass is 9.87. The molecule has 33 heavy (non-hydrogen) atoms. The Morgan fingerprint density at radius 1 is 1.06 bits per heavy atom. The maximum absolute atomic E-state index is 13.1. The van der Waals surface area contributed by atoms with Crippen LogP contribution >= 0.6 is 11.6 Å². The van der Waals surface area contributed by atoms with Crippen molar-refractivity contribution in [3.8, 4) is 0 Å². The van der Waals surface area contributed by atoms with Gasteiger partial charge in [-0.25, -0.2) is 13.4 Å². The van der Waals surface area contributed by atoms with E-state index in [1.165, 1.54) is 30.5 Å². The number of primary amides is 1. The van der Waals surface area contributed by atoms with Crippen LogP contribution in [0.5, 0.6) is 0 Å². The lowest BCUT2D eigenvalue weighted by Gasteiger charge is -2.19. The third kappa shape index (κ3) is 5.97. The molecule has 0 unspecified atom stereocenters. The van der Waals surface area contributed by atoms with Gasteiger partial charge in [-0.1, -0.05) is 62.7 Å². The number of halogens is 1. The zero-order valence-corrected chi connectivity index (χ0v) is 20.0. The highest BCUT2D eigenvalue weighted by molar-refractivity contribution is 7.92. The van der Waals surface area contributed by atoms with Gasteiger partial charge in [-0.2, -0.15) is 0 Å². The lowest BCUT2D eigenvalue weighted by Crippen LogP contribution is -2.18. The molecule has 0 saturated heterocycles. The van der Waals surface area contributed by atoms with Gasteiger partial charge in [-0.15, -0.1) is 0 Å². The largest absolute Gasteiger partial charge is 0.369 e. The zero-order chi connectivity index (χ0) is 24.4. The number of hydrogen-bond donors (Lipinski definition) is 2. The molecule has 1 amide bonds. The molecule has 7 nitrogen and oxygen atoms in total. The van der Waals surface area contributed by atoms with Crippen LogP contribution in [0.1, 0.15) is 48.0 Å². The van der Waals surface area contributed by atoms with Crippen LogP contribution in [-0.4, -0.2) is 25.1 Å². The zero-order valence-electron chi connectivity index (χ0n) is 18.4. The molecule has 1 heterocycles. The molecule has 0 radical (unpaired) electrons. The quantitative estimate of drug-likeness (QED) is 0.488. The van der Waals surface area contributed by atoms with Gasteiger partial charge in [0.1, 0.15) is 5.69 Å². The number of carbonyl (C=O) groups is 2. The minimum absolute atomic E-state index is 0.0286. The molecule has 3 N–H and O–H groups in total. The summed E-state index contributed by atoms with van der Waals surface area (Å²) in [5.41, 5.74) is 6.71. The van der Waals surface area contributed by atoms with Crippen molar-refractivity contribution in [2.45, 2.75) is 37.5 Å². The maximum atomic E-state index is 13.1. The second kappa shape index (κ2) is 9.33. The highest BCUT2D eigenvalue weighted by Gasteiger charge is 2.23. The number of hydrogen-bond acceptors (Lipinski definition) is 5. The number of sulfonamides is 1. The first-order valence-electron chi connectivity index (χ1n) is 10.1. The molecule has 0 bridgehead atoms. The van der Waals surface area contributed by atoms with Crippen molar-refractivity contribution in [1.29, 1.82) is 0 Å². The fourth-order valence-corrected chi connectivity index (χ4v) is 4.41. The summed E-state index contributed by atoms with van der Waals surface area (Å²) in [6, 6.07) is 14.2. The molecule has 172 valence electrons. The molecule has 9 heteroatoms. The third-order valence-electron chi connectivity index (χ3n) is 4.91. The van der Waals surface area contributed by atoms with Gasteiger partial charge in [0.25, 0.3) is 10.0 Å². The average molecular weight is 486 g/mol. The summed E-state index contributed by atoms with van der Waals surface area (Å²) in [6.07, 6.45) is 1.23. The first-order valence-corrected chi connectivity index (χ1v) is 11.9. The van der Waals surface area contributed by atoms with E-state index in [1.807, 2.05) is 20.8 Å². The molecule has 0 aliphatic rings. The fourth-order valence-electron chi connectivity index (χ4n) is 3.20. The number of rotatable bonds is 7. The number of carbonyl (C=O) groups excluding carboxylic acids is 2. The molecular weight excluding hydrogens is 462 g/mol. The molecule has 1 aromatic heterocycles. The van der Waals surface area contributed by atoms with E-state index >= 15 is 0 Å². The van der Waals surface area contributed by atoms with Gasteiger partial charge < -0.3 is 5.73 Å². The SMILES string of the molecule is CC(C)(C)c1ccc(S(=O)(=O)Nc2cc(Cl)cnc2C(=O)c2cccc(CC(N)=O)c2)cc1. The van der Waals surface area contributed by atoms with Gasteiger partial charge in [0.05, 0.1) is 22.0 Å². The van der Waals surface area contributed by atoms with Crippen LogP contribution in [0.15, 0.2) is 65.7 Å².